The molecule has 6 heteroatoms. The second-order valence-corrected chi connectivity index (χ2v) is 6.53. The molecule has 21 heavy (non-hydrogen) atoms. The molecule has 0 radical (unpaired) electrons. The lowest BCUT2D eigenvalue weighted by Crippen LogP contribution is -2.42. The zero-order valence-corrected chi connectivity index (χ0v) is 13.5. The fourth-order valence-corrected chi connectivity index (χ4v) is 3.36. The van der Waals surface area contributed by atoms with E-state index in [2.05, 4.69) is 26.6 Å². The van der Waals surface area contributed by atoms with Gasteiger partial charge < -0.3 is 15.7 Å². The Labute approximate surface area is 132 Å². The van der Waals surface area contributed by atoms with Crippen LogP contribution in [-0.2, 0) is 4.79 Å². The van der Waals surface area contributed by atoms with Crippen LogP contribution in [0.5, 0.6) is 0 Å². The first-order valence-corrected chi connectivity index (χ1v) is 7.76. The van der Waals surface area contributed by atoms with Crippen molar-refractivity contribution in [1.29, 1.82) is 0 Å². The molecule has 0 bridgehead atoms. The summed E-state index contributed by atoms with van der Waals surface area (Å²) in [6.07, 6.45) is 3.05. The summed E-state index contributed by atoms with van der Waals surface area (Å²) in [5.41, 5.74) is 0.900. The number of carboxylic acids is 1. The van der Waals surface area contributed by atoms with Gasteiger partial charge in [0.05, 0.1) is 5.41 Å². The van der Waals surface area contributed by atoms with Crippen LogP contribution in [0.2, 0.25) is 0 Å². The number of carboxylic acid groups (broad SMARTS) is 1. The Morgan fingerprint density at radius 3 is 2.52 bits per heavy atom. The van der Waals surface area contributed by atoms with Crippen molar-refractivity contribution in [2.24, 2.45) is 5.41 Å². The molecule has 2 rings (SSSR count). The summed E-state index contributed by atoms with van der Waals surface area (Å²) < 4.78 is 0.885. The van der Waals surface area contributed by atoms with E-state index in [0.717, 1.165) is 22.9 Å². The third-order valence-electron chi connectivity index (χ3n) is 3.90. The fourth-order valence-electron chi connectivity index (χ4n) is 2.75. The Kier molecular flexibility index (Phi) is 4.88. The van der Waals surface area contributed by atoms with E-state index in [-0.39, 0.29) is 12.6 Å². The second kappa shape index (κ2) is 6.47. The van der Waals surface area contributed by atoms with Gasteiger partial charge in [0.15, 0.2) is 0 Å². The number of amides is 2. The number of carbonyl (C=O) groups excluding carboxylic acids is 1. The number of hydrogen-bond donors (Lipinski definition) is 3. The highest BCUT2D eigenvalue weighted by Gasteiger charge is 2.41. The monoisotopic (exact) mass is 354 g/mol. The molecule has 3 N–H and O–H groups in total. The minimum absolute atomic E-state index is 0.168. The first-order valence-electron chi connectivity index (χ1n) is 6.97. The summed E-state index contributed by atoms with van der Waals surface area (Å²) >= 11 is 3.37. The van der Waals surface area contributed by atoms with Crippen molar-refractivity contribution in [2.45, 2.75) is 32.6 Å². The van der Waals surface area contributed by atoms with Crippen LogP contribution in [0.3, 0.4) is 0 Å². The lowest BCUT2D eigenvalue weighted by molar-refractivity contribution is -0.148. The van der Waals surface area contributed by atoms with Crippen molar-refractivity contribution in [3.8, 4) is 0 Å². The molecule has 0 aromatic heterocycles. The molecule has 1 aromatic carbocycles. The van der Waals surface area contributed by atoms with Gasteiger partial charge in [-0.25, -0.2) is 4.79 Å². The lowest BCUT2D eigenvalue weighted by Gasteiger charge is -2.24. The van der Waals surface area contributed by atoms with Crippen molar-refractivity contribution in [3.63, 3.8) is 0 Å². The molecular weight excluding hydrogens is 336 g/mol. The van der Waals surface area contributed by atoms with Gasteiger partial charge in [-0.05, 0) is 43.5 Å². The third-order valence-corrected chi connectivity index (χ3v) is 4.36. The number of anilines is 1. The van der Waals surface area contributed by atoms with Gasteiger partial charge in [0.2, 0.25) is 0 Å². The molecule has 1 fully saturated rings. The Hall–Kier alpha value is -1.56. The van der Waals surface area contributed by atoms with Crippen molar-refractivity contribution in [3.05, 3.63) is 28.2 Å². The van der Waals surface area contributed by atoms with E-state index in [4.69, 9.17) is 0 Å². The van der Waals surface area contributed by atoms with Crippen LogP contribution in [0.25, 0.3) is 0 Å². The highest BCUT2D eigenvalue weighted by molar-refractivity contribution is 9.10. The summed E-state index contributed by atoms with van der Waals surface area (Å²) in [6, 6.07) is 5.23. The maximum atomic E-state index is 11.9. The summed E-state index contributed by atoms with van der Waals surface area (Å²) in [5.74, 6) is -0.821. The Bertz CT molecular complexity index is 534. The molecule has 0 spiro atoms. The van der Waals surface area contributed by atoms with E-state index < -0.39 is 11.4 Å². The Balaban J connectivity index is 1.94. The number of carbonyl (C=O) groups is 2. The largest absolute Gasteiger partial charge is 0.481 e. The second-order valence-electron chi connectivity index (χ2n) is 5.62. The molecule has 114 valence electrons. The van der Waals surface area contributed by atoms with E-state index in [0.29, 0.717) is 18.5 Å². The molecule has 0 atom stereocenters. The molecule has 0 heterocycles. The van der Waals surface area contributed by atoms with Gasteiger partial charge in [0.25, 0.3) is 0 Å². The van der Waals surface area contributed by atoms with E-state index in [9.17, 15) is 14.7 Å². The summed E-state index contributed by atoms with van der Waals surface area (Å²) in [6.45, 7) is 2.10. The minimum atomic E-state index is -0.821. The first kappa shape index (κ1) is 15.8. The maximum absolute atomic E-state index is 11.9. The van der Waals surface area contributed by atoms with Gasteiger partial charge in [0.1, 0.15) is 0 Å². The standard InChI is InChI=1S/C15H19BrN2O3/c1-10-6-11(16)8-12(7-10)18-14(21)17-9-15(13(19)20)4-2-3-5-15/h6-8H,2-5,9H2,1H3,(H,19,20)(H2,17,18,21). The number of halogens is 1. The average molecular weight is 355 g/mol. The molecule has 2 amide bonds. The molecule has 0 aliphatic heterocycles. The van der Waals surface area contributed by atoms with Crippen molar-refractivity contribution in [2.75, 3.05) is 11.9 Å². The summed E-state index contributed by atoms with van der Waals surface area (Å²) in [7, 11) is 0. The summed E-state index contributed by atoms with van der Waals surface area (Å²) in [4.78, 5) is 23.3. The molecule has 1 saturated carbocycles. The summed E-state index contributed by atoms with van der Waals surface area (Å²) in [5, 5.41) is 14.8. The zero-order valence-electron chi connectivity index (χ0n) is 11.9. The number of rotatable bonds is 4. The number of hydrogen-bond acceptors (Lipinski definition) is 2. The number of aliphatic carboxylic acids is 1. The predicted octanol–water partition coefficient (Wildman–Crippen LogP) is 3.52. The van der Waals surface area contributed by atoms with Gasteiger partial charge in [-0.3, -0.25) is 4.79 Å². The van der Waals surface area contributed by atoms with Crippen LogP contribution in [-0.4, -0.2) is 23.7 Å². The molecule has 1 aliphatic rings. The SMILES string of the molecule is Cc1cc(Br)cc(NC(=O)NCC2(C(=O)O)CCCC2)c1. The van der Waals surface area contributed by atoms with Crippen molar-refractivity contribution >= 4 is 33.6 Å². The van der Waals surface area contributed by atoms with Crippen LogP contribution in [0.1, 0.15) is 31.2 Å². The zero-order chi connectivity index (χ0) is 15.5. The van der Waals surface area contributed by atoms with Crippen LogP contribution in [0.15, 0.2) is 22.7 Å². The van der Waals surface area contributed by atoms with Gasteiger partial charge in [-0.1, -0.05) is 28.8 Å². The Morgan fingerprint density at radius 1 is 1.29 bits per heavy atom. The highest BCUT2D eigenvalue weighted by atomic mass is 79.9. The maximum Gasteiger partial charge on any atom is 0.319 e. The van der Waals surface area contributed by atoms with Crippen LogP contribution >= 0.6 is 15.9 Å². The van der Waals surface area contributed by atoms with E-state index in [1.165, 1.54) is 0 Å². The van der Waals surface area contributed by atoms with Crippen molar-refractivity contribution < 1.29 is 14.7 Å². The number of aryl methyl sites for hydroxylation is 1. The van der Waals surface area contributed by atoms with E-state index in [1.54, 1.807) is 6.07 Å². The average Bonchev–Trinajstić information content (AvgIpc) is 2.85. The van der Waals surface area contributed by atoms with Crippen LogP contribution < -0.4 is 10.6 Å². The number of nitrogens with one attached hydrogen (secondary N) is 2. The molecular formula is C15H19BrN2O3. The van der Waals surface area contributed by atoms with Gasteiger partial charge in [-0.15, -0.1) is 0 Å². The third kappa shape index (κ3) is 3.97. The van der Waals surface area contributed by atoms with Gasteiger partial charge >= 0.3 is 12.0 Å². The predicted molar refractivity (Wildman–Crippen MR) is 84.4 cm³/mol. The lowest BCUT2D eigenvalue weighted by atomic mass is 9.86. The smallest absolute Gasteiger partial charge is 0.319 e. The number of benzene rings is 1. The van der Waals surface area contributed by atoms with Crippen LogP contribution in [0, 0.1) is 12.3 Å². The molecule has 0 saturated heterocycles. The fraction of sp³-hybridized carbons (Fsp3) is 0.467. The van der Waals surface area contributed by atoms with Crippen molar-refractivity contribution in [1.82, 2.24) is 5.32 Å². The topological polar surface area (TPSA) is 78.4 Å². The van der Waals surface area contributed by atoms with E-state index >= 15 is 0 Å². The molecule has 1 aromatic rings. The first-order chi connectivity index (χ1) is 9.91. The van der Waals surface area contributed by atoms with Crippen LogP contribution in [0.4, 0.5) is 10.5 Å². The minimum Gasteiger partial charge on any atom is -0.481 e. The Morgan fingerprint density at radius 2 is 1.95 bits per heavy atom. The highest BCUT2D eigenvalue weighted by Crippen LogP contribution is 2.37. The van der Waals surface area contributed by atoms with Gasteiger partial charge in [-0.2, -0.15) is 0 Å². The van der Waals surface area contributed by atoms with Gasteiger partial charge in [0, 0.05) is 16.7 Å². The molecule has 0 unspecified atom stereocenters. The molecule has 5 nitrogen and oxygen atoms in total. The molecule has 1 aliphatic carbocycles. The normalized spacial score (nSPS) is 16.5. The van der Waals surface area contributed by atoms with E-state index in [1.807, 2.05) is 19.1 Å². The number of urea groups is 1. The quantitative estimate of drug-likeness (QED) is 0.773.